The first-order valence-corrected chi connectivity index (χ1v) is 27.1. The van der Waals surface area contributed by atoms with Gasteiger partial charge < -0.3 is 34.4 Å². The van der Waals surface area contributed by atoms with Crippen molar-refractivity contribution in [2.45, 2.75) is 193 Å². The largest absolute Gasteiger partial charge is 0.472 e. The number of unbranched alkanes of at least 4 members (excludes halogenated alkanes) is 14. The molecular weight excluding hydrogens is 874 g/mol. The summed E-state index contributed by atoms with van der Waals surface area (Å²) in [6, 6.07) is 0. The zero-order chi connectivity index (χ0) is 48.3. The third kappa shape index (κ3) is 47.8. The van der Waals surface area contributed by atoms with Gasteiger partial charge in [0.25, 0.3) is 0 Å². The lowest BCUT2D eigenvalue weighted by molar-refractivity contribution is -0.161. The molecule has 14 nitrogen and oxygen atoms in total. The highest BCUT2D eigenvalue weighted by molar-refractivity contribution is 7.47. The Kier molecular flexibility index (Phi) is 41.2. The highest BCUT2D eigenvalue weighted by atomic mass is 31.2. The summed E-state index contributed by atoms with van der Waals surface area (Å²) in [4.78, 5) is 52.9. The quantitative estimate of drug-likeness (QED) is 0.0126. The van der Waals surface area contributed by atoms with E-state index in [1.165, 1.54) is 70.6 Å². The lowest BCUT2D eigenvalue weighted by Crippen LogP contribution is -2.30. The van der Waals surface area contributed by atoms with E-state index in [9.17, 15) is 33.8 Å². The van der Waals surface area contributed by atoms with E-state index in [4.69, 9.17) is 23.8 Å². The van der Waals surface area contributed by atoms with Crippen LogP contribution in [0.3, 0.4) is 0 Å². The second kappa shape index (κ2) is 42.8. The van der Waals surface area contributed by atoms with Crippen molar-refractivity contribution in [2.24, 2.45) is 5.92 Å². The Labute approximate surface area is 391 Å². The number of aliphatic hydroxyl groups is 2. The number of aliphatic hydroxyl groups excluding tert-OH is 2. The van der Waals surface area contributed by atoms with Gasteiger partial charge in [0.05, 0.1) is 25.9 Å². The number of esters is 2. The van der Waals surface area contributed by atoms with E-state index in [2.05, 4.69) is 78.4 Å². The second-order valence-electron chi connectivity index (χ2n) is 16.7. The molecule has 0 rings (SSSR count). The molecule has 0 aromatic carbocycles. The van der Waals surface area contributed by atoms with Gasteiger partial charge in [-0.3, -0.25) is 23.2 Å². The molecule has 0 aliphatic heterocycles. The van der Waals surface area contributed by atoms with Gasteiger partial charge in [-0.1, -0.05) is 190 Å². The van der Waals surface area contributed by atoms with Crippen LogP contribution in [0, 0.1) is 5.92 Å². The number of carbonyl (C=O) groups is 2. The molecule has 0 bridgehead atoms. The molecule has 0 amide bonds. The number of hydrogen-bond acceptors (Lipinski definition) is 11. The third-order valence-electron chi connectivity index (χ3n) is 9.90. The maximum Gasteiger partial charge on any atom is 0.472 e. The Bertz CT molecular complexity index is 1450. The summed E-state index contributed by atoms with van der Waals surface area (Å²) in [6.07, 6.45) is 43.7. The SMILES string of the molecule is CC/C=C\C/C=C\C/C=C\C/C=C\C/C=C\C=C/C(O)CCC(=O)OC[C@H](COP(=O)(O)OC[C@@H](O)COP(=O)(O)O)OC(=O)CCCCCCCCCCCCCCCCCC(C)C. The van der Waals surface area contributed by atoms with Gasteiger partial charge in [-0.25, -0.2) is 9.13 Å². The van der Waals surface area contributed by atoms with Crippen molar-refractivity contribution < 1.29 is 66.7 Å². The van der Waals surface area contributed by atoms with Crippen LogP contribution in [0.5, 0.6) is 0 Å². The van der Waals surface area contributed by atoms with Crippen molar-refractivity contribution in [3.8, 4) is 0 Å². The molecular formula is C49H86O14P2. The van der Waals surface area contributed by atoms with Crippen LogP contribution in [0.2, 0.25) is 0 Å². The van der Waals surface area contributed by atoms with E-state index in [1.54, 1.807) is 18.2 Å². The van der Waals surface area contributed by atoms with Crippen LogP contribution in [0.15, 0.2) is 72.9 Å². The molecule has 65 heavy (non-hydrogen) atoms. The molecule has 0 heterocycles. The molecule has 0 aliphatic carbocycles. The molecule has 4 atom stereocenters. The van der Waals surface area contributed by atoms with Gasteiger partial charge in [-0.05, 0) is 50.9 Å². The number of phosphoric ester groups is 2. The van der Waals surface area contributed by atoms with Crippen LogP contribution in [0.25, 0.3) is 0 Å². The van der Waals surface area contributed by atoms with Crippen LogP contribution in [-0.2, 0) is 41.8 Å². The minimum Gasteiger partial charge on any atom is -0.462 e. The van der Waals surface area contributed by atoms with Crippen molar-refractivity contribution in [3.63, 3.8) is 0 Å². The summed E-state index contributed by atoms with van der Waals surface area (Å²) >= 11 is 0. The first-order valence-electron chi connectivity index (χ1n) is 24.1. The summed E-state index contributed by atoms with van der Waals surface area (Å²) in [7, 11) is -9.76. The molecule has 0 aliphatic rings. The zero-order valence-electron chi connectivity index (χ0n) is 39.8. The molecule has 0 radical (unpaired) electrons. The number of carbonyl (C=O) groups excluding carboxylic acids is 2. The van der Waals surface area contributed by atoms with Crippen LogP contribution < -0.4 is 0 Å². The van der Waals surface area contributed by atoms with Crippen molar-refractivity contribution in [1.82, 2.24) is 0 Å². The molecule has 376 valence electrons. The van der Waals surface area contributed by atoms with Crippen molar-refractivity contribution in [1.29, 1.82) is 0 Å². The van der Waals surface area contributed by atoms with E-state index in [0.717, 1.165) is 63.7 Å². The Morgan fingerprint density at radius 3 is 1.49 bits per heavy atom. The summed E-state index contributed by atoms with van der Waals surface area (Å²) in [6.45, 7) is 3.72. The molecule has 0 aromatic heterocycles. The summed E-state index contributed by atoms with van der Waals surface area (Å²) < 4.78 is 47.7. The fraction of sp³-hybridized carbons (Fsp3) is 0.714. The number of hydrogen-bond donors (Lipinski definition) is 5. The Morgan fingerprint density at radius 1 is 0.523 bits per heavy atom. The Morgan fingerprint density at radius 2 is 0.985 bits per heavy atom. The van der Waals surface area contributed by atoms with Crippen molar-refractivity contribution in [3.05, 3.63) is 72.9 Å². The van der Waals surface area contributed by atoms with Gasteiger partial charge in [-0.2, -0.15) is 0 Å². The van der Waals surface area contributed by atoms with Crippen LogP contribution >= 0.6 is 15.6 Å². The number of allylic oxidation sites excluding steroid dienone is 11. The maximum atomic E-state index is 12.7. The van der Waals surface area contributed by atoms with Crippen molar-refractivity contribution in [2.75, 3.05) is 26.4 Å². The zero-order valence-corrected chi connectivity index (χ0v) is 41.6. The number of rotatable bonds is 44. The Hall–Kier alpha value is -2.48. The molecule has 0 fully saturated rings. The molecule has 0 aromatic rings. The van der Waals surface area contributed by atoms with Gasteiger partial charge in [0.15, 0.2) is 6.10 Å². The van der Waals surface area contributed by atoms with Gasteiger partial charge in [-0.15, -0.1) is 0 Å². The van der Waals surface area contributed by atoms with Gasteiger partial charge >= 0.3 is 27.6 Å². The maximum absolute atomic E-state index is 12.7. The minimum absolute atomic E-state index is 0.0631. The van der Waals surface area contributed by atoms with Crippen LogP contribution in [0.1, 0.15) is 175 Å². The number of ether oxygens (including phenoxy) is 2. The minimum atomic E-state index is -4.89. The van der Waals surface area contributed by atoms with E-state index in [0.29, 0.717) is 6.42 Å². The highest BCUT2D eigenvalue weighted by Crippen LogP contribution is 2.43. The molecule has 16 heteroatoms. The fourth-order valence-electron chi connectivity index (χ4n) is 6.23. The fourth-order valence-corrected chi connectivity index (χ4v) is 7.39. The first kappa shape index (κ1) is 62.5. The highest BCUT2D eigenvalue weighted by Gasteiger charge is 2.28. The predicted octanol–water partition coefficient (Wildman–Crippen LogP) is 11.8. The normalized spacial score (nSPS) is 15.1. The van der Waals surface area contributed by atoms with E-state index >= 15 is 0 Å². The molecule has 2 unspecified atom stereocenters. The summed E-state index contributed by atoms with van der Waals surface area (Å²) in [5.74, 6) is -0.507. The van der Waals surface area contributed by atoms with Crippen LogP contribution in [0.4, 0.5) is 0 Å². The van der Waals surface area contributed by atoms with E-state index in [1.807, 2.05) is 6.08 Å². The lowest BCUT2D eigenvalue weighted by Gasteiger charge is -2.20. The molecule has 0 saturated heterocycles. The molecule has 0 spiro atoms. The van der Waals surface area contributed by atoms with Gasteiger partial charge in [0.2, 0.25) is 0 Å². The van der Waals surface area contributed by atoms with Gasteiger partial charge in [0.1, 0.15) is 12.7 Å². The lowest BCUT2D eigenvalue weighted by atomic mass is 10.0. The van der Waals surface area contributed by atoms with Crippen LogP contribution in [-0.4, -0.2) is 81.6 Å². The monoisotopic (exact) mass is 961 g/mol. The third-order valence-corrected chi connectivity index (χ3v) is 11.3. The number of phosphoric acid groups is 2. The smallest absolute Gasteiger partial charge is 0.462 e. The average Bonchev–Trinajstić information content (AvgIpc) is 3.25. The standard InChI is InChI=1S/C49H86O14P2/c1-4-5-6-7-8-9-10-11-12-15-18-21-24-27-30-33-36-45(50)38-39-48(52)59-42-47(43-62-65(57,58)61-41-46(51)40-60-64(54,55)56)63-49(53)37-34-31-28-25-22-19-16-13-14-17-20-23-26-29-32-35-44(2)3/h5-6,8-9,11-12,18,21,27,30,33,36,44-47,50-51H,4,7,10,13-17,19-20,22-26,28-29,31-32,34-35,37-43H2,1-3H3,(H,57,58)(H2,54,55,56)/b6-5-,9-8-,12-11-,21-18-,30-27-,36-33-/t45?,46-,47+/m0/s1. The Balaban J connectivity index is 4.66. The van der Waals surface area contributed by atoms with Gasteiger partial charge in [0, 0.05) is 12.8 Å². The predicted molar refractivity (Wildman–Crippen MR) is 259 cm³/mol. The molecule has 0 saturated carbocycles. The second-order valence-corrected chi connectivity index (χ2v) is 19.4. The molecule has 5 N–H and O–H groups in total. The first-order chi connectivity index (χ1) is 31.1. The summed E-state index contributed by atoms with van der Waals surface area (Å²) in [5, 5.41) is 20.1. The topological polar surface area (TPSA) is 216 Å². The van der Waals surface area contributed by atoms with E-state index in [-0.39, 0.29) is 19.3 Å². The summed E-state index contributed by atoms with van der Waals surface area (Å²) in [5.41, 5.74) is 0. The average molecular weight is 961 g/mol. The van der Waals surface area contributed by atoms with Crippen molar-refractivity contribution >= 4 is 27.6 Å². The van der Waals surface area contributed by atoms with E-state index < -0.39 is 72.3 Å².